The number of anilines is 2. The number of pyridine rings is 2. The molecule has 2 aliphatic heterocycles. The second-order valence-corrected chi connectivity index (χ2v) is 26.9. The Kier molecular flexibility index (Phi) is 22.9. The Hall–Kier alpha value is -9.79. The molecular weight excluding hydrogens is 1250 g/mol. The van der Waals surface area contributed by atoms with Gasteiger partial charge in [-0.3, -0.25) is 14.4 Å². The highest BCUT2D eigenvalue weighted by molar-refractivity contribution is 6.29. The fraction of sp³-hybridized carbons (Fsp3) is 0.265. The zero-order valence-corrected chi connectivity index (χ0v) is 60.5. The number of fused-ring (bicyclic) bond motifs is 2. The van der Waals surface area contributed by atoms with E-state index < -0.39 is 5.54 Å². The van der Waals surface area contributed by atoms with Crippen molar-refractivity contribution in [1.29, 1.82) is 0 Å². The third kappa shape index (κ3) is 15.0. The molecule has 0 aliphatic carbocycles. The van der Waals surface area contributed by atoms with Gasteiger partial charge < -0.3 is 22.6 Å². The molecule has 0 saturated carbocycles. The van der Waals surface area contributed by atoms with Crippen molar-refractivity contribution < 1.29 is 17.0 Å². The van der Waals surface area contributed by atoms with Crippen LogP contribution in [-0.4, -0.2) is 97.2 Å². The minimum absolute atomic E-state index is 0. The van der Waals surface area contributed by atoms with Crippen molar-refractivity contribution in [3.05, 3.63) is 286 Å². The Balaban J connectivity index is 0.000000161. The number of aliphatic imine (C=N–C) groups is 1. The van der Waals surface area contributed by atoms with Crippen molar-refractivity contribution in [3.63, 3.8) is 0 Å². The maximum Gasteiger partial charge on any atom is 0.244 e. The van der Waals surface area contributed by atoms with Gasteiger partial charge in [0.1, 0.15) is 46.7 Å². The second-order valence-electron chi connectivity index (χ2n) is 26.5. The number of benzene rings is 7. The molecule has 7 aromatic carbocycles. The van der Waals surface area contributed by atoms with E-state index in [1.54, 1.807) is 6.20 Å². The van der Waals surface area contributed by atoms with E-state index >= 15 is 0 Å². The van der Waals surface area contributed by atoms with Gasteiger partial charge in [0.15, 0.2) is 0 Å². The summed E-state index contributed by atoms with van der Waals surface area (Å²) in [7, 11) is 11.6. The van der Waals surface area contributed by atoms with Gasteiger partial charge >= 0.3 is 0 Å². The number of para-hydroxylation sites is 2. The zero-order valence-electron chi connectivity index (χ0n) is 59.0. The van der Waals surface area contributed by atoms with Crippen LogP contribution in [0, 0.1) is 0 Å². The summed E-state index contributed by atoms with van der Waals surface area (Å²) in [6.07, 6.45) is 13.8. The predicted octanol–water partition coefficient (Wildman–Crippen LogP) is 15.1. The van der Waals surface area contributed by atoms with Gasteiger partial charge in [-0.05, 0) is 114 Å². The summed E-state index contributed by atoms with van der Waals surface area (Å²) in [6, 6.07) is 66.5. The van der Waals surface area contributed by atoms with Crippen LogP contribution in [0.1, 0.15) is 135 Å². The van der Waals surface area contributed by atoms with E-state index in [0.29, 0.717) is 28.8 Å². The van der Waals surface area contributed by atoms with Crippen molar-refractivity contribution in [3.8, 4) is 33.5 Å². The van der Waals surface area contributed by atoms with E-state index in [0.717, 1.165) is 92.3 Å². The molecule has 0 atom stereocenters. The quantitative estimate of drug-likeness (QED) is 0.0613. The number of nitrogens with zero attached hydrogens (tertiary/aromatic N) is 12. The molecule has 13 nitrogen and oxygen atoms in total. The Bertz CT molecular complexity index is 4570. The van der Waals surface area contributed by atoms with E-state index in [1.165, 1.54) is 50.3 Å². The summed E-state index contributed by atoms with van der Waals surface area (Å²) >= 11 is 6.40. The first-order valence-electron chi connectivity index (χ1n) is 33.7. The van der Waals surface area contributed by atoms with Crippen LogP contribution in [0.4, 0.5) is 17.2 Å². The van der Waals surface area contributed by atoms with Crippen LogP contribution >= 0.6 is 11.6 Å². The van der Waals surface area contributed by atoms with Gasteiger partial charge in [-0.15, -0.1) is 0 Å². The van der Waals surface area contributed by atoms with E-state index in [-0.39, 0.29) is 12.4 Å². The Morgan fingerprint density at radius 2 is 1.04 bits per heavy atom. The van der Waals surface area contributed by atoms with E-state index in [4.69, 9.17) is 21.7 Å². The van der Waals surface area contributed by atoms with Crippen LogP contribution in [0.15, 0.2) is 230 Å². The first-order chi connectivity index (χ1) is 46.9. The highest BCUT2D eigenvalue weighted by Crippen LogP contribution is 2.46. The molecule has 0 bridgehead atoms. The third-order valence-corrected chi connectivity index (χ3v) is 18.2. The Morgan fingerprint density at radius 3 is 1.54 bits per heavy atom. The minimum Gasteiger partial charge on any atom is -1.00 e. The molecule has 12 aromatic rings. The largest absolute Gasteiger partial charge is 1.00 e. The highest BCUT2D eigenvalue weighted by atomic mass is 35.5. The van der Waals surface area contributed by atoms with Gasteiger partial charge in [-0.2, -0.15) is 15.3 Å². The first-order valence-corrected chi connectivity index (χ1v) is 34.1. The van der Waals surface area contributed by atoms with Crippen LogP contribution < -0.4 is 27.5 Å². The molecule has 15 heteroatoms. The average Bonchev–Trinajstić information content (AvgIpc) is 1.52. The van der Waals surface area contributed by atoms with Crippen molar-refractivity contribution >= 4 is 51.7 Å². The maximum atomic E-state index is 6.40. The zero-order chi connectivity index (χ0) is 68.5. The normalized spacial score (nSPS) is 12.5. The first kappa shape index (κ1) is 71.0. The number of aromatic nitrogens is 8. The molecule has 5 aromatic heterocycles. The number of aryl methyl sites for hydroxylation is 2. The molecule has 0 fully saturated rings. The molecule has 0 radical (unpaired) electrons. The maximum absolute atomic E-state index is 6.40. The number of halogens is 2. The molecule has 98 heavy (non-hydrogen) atoms. The summed E-state index contributed by atoms with van der Waals surface area (Å²) in [4.78, 5) is 17.9. The monoisotopic (exact) mass is 1340 g/mol. The lowest BCUT2D eigenvalue weighted by molar-refractivity contribution is -0.425. The summed E-state index contributed by atoms with van der Waals surface area (Å²) in [5.41, 5.74) is 23.0. The van der Waals surface area contributed by atoms with Crippen molar-refractivity contribution in [2.24, 2.45) is 19.1 Å². The minimum atomic E-state index is -0.757. The Labute approximate surface area is 590 Å². The molecule has 502 valence electrons. The highest BCUT2D eigenvalue weighted by Gasteiger charge is 2.41. The van der Waals surface area contributed by atoms with Crippen LogP contribution in [-0.2, 0) is 26.2 Å². The van der Waals surface area contributed by atoms with Crippen LogP contribution in [0.3, 0.4) is 0 Å². The summed E-state index contributed by atoms with van der Waals surface area (Å²) in [6.45, 7) is 21.3. The lowest BCUT2D eigenvalue weighted by Crippen LogP contribution is -3.00. The molecule has 0 spiro atoms. The SMILES string of the molecule is CC(C)c1cccc(C(C)C)c1N1C=[N+](c2c(C(C)C)cccc2C(C)C)CC1.CN(C)c1cc(C2=NCc3ccc(-c4cnn(C)c4)cc32)ccn1.CNC.Cn1cc(-c2ccc3c(c2)c(-c2ccnc(Cl)c2)nn3C(c2ccccc2)(c2ccccc2)c2ccccc2)cn1.[Cl-]. The van der Waals surface area contributed by atoms with Crippen LogP contribution in [0.25, 0.3) is 44.4 Å². The van der Waals surface area contributed by atoms with Crippen LogP contribution in [0.2, 0.25) is 5.15 Å². The molecule has 1 N–H and O–H groups in total. The van der Waals surface area contributed by atoms with Crippen molar-refractivity contribution in [2.75, 3.05) is 51.1 Å². The summed E-state index contributed by atoms with van der Waals surface area (Å²) in [5, 5.41) is 18.3. The van der Waals surface area contributed by atoms with Gasteiger partial charge in [-0.25, -0.2) is 24.1 Å². The Morgan fingerprint density at radius 1 is 0.541 bits per heavy atom. The van der Waals surface area contributed by atoms with Gasteiger partial charge in [0.25, 0.3) is 0 Å². The fourth-order valence-electron chi connectivity index (χ4n) is 13.3. The third-order valence-electron chi connectivity index (χ3n) is 18.0. The number of nitrogens with one attached hydrogen (secondary N) is 1. The smallest absolute Gasteiger partial charge is 0.244 e. The molecule has 7 heterocycles. The number of hydrogen-bond acceptors (Lipinski definition) is 9. The predicted molar refractivity (Wildman–Crippen MR) is 404 cm³/mol. The van der Waals surface area contributed by atoms with Gasteiger partial charge in [-0.1, -0.05) is 213 Å². The van der Waals surface area contributed by atoms with E-state index in [2.05, 4.69) is 271 Å². The van der Waals surface area contributed by atoms with Gasteiger partial charge in [0.05, 0.1) is 30.2 Å². The van der Waals surface area contributed by atoms with Crippen LogP contribution in [0.5, 0.6) is 0 Å². The number of rotatable bonds is 15. The molecule has 0 amide bonds. The topological polar surface area (TPSA) is 113 Å². The van der Waals surface area contributed by atoms with E-state index in [9.17, 15) is 0 Å². The second kappa shape index (κ2) is 31.6. The molecular formula is C83H91Cl2N13. The molecule has 2 aliphatic rings. The molecule has 0 saturated heterocycles. The van der Waals surface area contributed by atoms with Gasteiger partial charge in [0.2, 0.25) is 6.34 Å². The van der Waals surface area contributed by atoms with Crippen molar-refractivity contribution in [2.45, 2.75) is 91.1 Å². The van der Waals surface area contributed by atoms with Gasteiger partial charge in [0, 0.05) is 108 Å². The van der Waals surface area contributed by atoms with E-state index in [1.807, 2.05) is 106 Å². The summed E-state index contributed by atoms with van der Waals surface area (Å²) in [5.74, 6) is 2.99. The molecule has 14 rings (SSSR count). The average molecular weight is 1340 g/mol. The molecule has 0 unspecified atom stereocenters. The fourth-order valence-corrected chi connectivity index (χ4v) is 13.5. The van der Waals surface area contributed by atoms with Crippen molar-refractivity contribution in [1.82, 2.24) is 44.6 Å². The number of hydrogen-bond donors (Lipinski definition) is 1. The lowest BCUT2D eigenvalue weighted by Gasteiger charge is -2.37. The standard InChI is InChI=1S/C35H26ClN5.C27H39N2.C19H19N5.C2H7N.ClH/c1-40-24-27(23-38-40)25-17-18-32-31(21-25)34(26-19-20-37-33(36)22-26)39-41(32)35(28-11-5-2-6-12-28,29-13-7-3-8-14-29)30-15-9-4-10-16-30;1-18(2)22-11-9-12-23(19(3)4)26(22)28-15-16-29(17-28)27-24(20(5)6)13-10-14-25(27)21(7)8;1-23(2)18-9-14(6-7-20-18)19-17-8-13(4-5-15(17)10-21-19)16-11-22-24(3)12-16;1-3-2;/h2-24H,1H3;9-14,17-21H,15-16H2,1-8H3;4-9,11-12H,10H2,1-3H3;3H,1-2H3;1H/q;+1;;;/p-1. The summed E-state index contributed by atoms with van der Waals surface area (Å²) < 4.78 is 8.33. The lowest BCUT2D eigenvalue weighted by atomic mass is 9.77.